The van der Waals surface area contributed by atoms with Gasteiger partial charge in [0.1, 0.15) is 0 Å². The number of benzene rings is 1. The summed E-state index contributed by atoms with van der Waals surface area (Å²) in [7, 11) is 0. The van der Waals surface area contributed by atoms with Crippen molar-refractivity contribution < 1.29 is 39.5 Å². The van der Waals surface area contributed by atoms with E-state index in [4.69, 9.17) is 9.90 Å². The molecule has 0 aromatic heterocycles. The molecule has 2 nitrogen and oxygen atoms in total. The zero-order valence-electron chi connectivity index (χ0n) is 10.5. The number of rotatable bonds is 4. The second kappa shape index (κ2) is 12.8. The number of aliphatic carboxylic acids is 1. The molecule has 84 valence electrons. The normalized spacial score (nSPS) is 8.38. The minimum atomic E-state index is -1.08. The monoisotopic (exact) mass is 230 g/mol. The Morgan fingerprint density at radius 1 is 1.19 bits per heavy atom. The largest absolute Gasteiger partial charge is 1.00 e. The Morgan fingerprint density at radius 2 is 1.69 bits per heavy atom. The Balaban J connectivity index is 0. The quantitative estimate of drug-likeness (QED) is 0.501. The van der Waals surface area contributed by atoms with Crippen LogP contribution in [0.15, 0.2) is 30.3 Å². The number of carboxylic acids is 1. The molecule has 1 aromatic carbocycles. The molecule has 0 amide bonds. The maximum absolute atomic E-state index is 8.89. The molecule has 0 saturated heterocycles. The van der Waals surface area contributed by atoms with Crippen LogP contribution in [-0.2, 0) is 11.2 Å². The van der Waals surface area contributed by atoms with Crippen LogP contribution in [0.5, 0.6) is 0 Å². The van der Waals surface area contributed by atoms with Crippen LogP contribution in [0.2, 0.25) is 0 Å². The third kappa shape index (κ3) is 13.7. The van der Waals surface area contributed by atoms with E-state index in [9.17, 15) is 0 Å². The first-order valence-electron chi connectivity index (χ1n) is 5.38. The number of aryl methyl sites for hydroxylation is 1. The minimum absolute atomic E-state index is 0. The summed E-state index contributed by atoms with van der Waals surface area (Å²) in [6, 6.07) is 10.7. The molecule has 0 saturated carbocycles. The predicted molar refractivity (Wildman–Crippen MR) is 60.4 cm³/mol. The van der Waals surface area contributed by atoms with Crippen molar-refractivity contribution in [1.29, 1.82) is 0 Å². The molecular weight excluding hydrogens is 211 g/mol. The van der Waals surface area contributed by atoms with E-state index >= 15 is 0 Å². The fourth-order valence-corrected chi connectivity index (χ4v) is 1.22. The van der Waals surface area contributed by atoms with Crippen LogP contribution < -0.4 is 34.7 Å². The molecule has 1 rings (SSSR count). The molecule has 0 heterocycles. The summed E-state index contributed by atoms with van der Waals surface area (Å²) in [5.41, 5.74) is 1.47. The van der Waals surface area contributed by atoms with Crippen molar-refractivity contribution >= 4 is 5.97 Å². The van der Waals surface area contributed by atoms with E-state index in [-0.39, 0.29) is 29.6 Å². The molecule has 0 aliphatic rings. The summed E-state index contributed by atoms with van der Waals surface area (Å²) in [6.45, 7) is 3.21. The van der Waals surface area contributed by atoms with Crippen LogP contribution in [0.25, 0.3) is 0 Å². The molecular formula is C13H19NaO2. The molecule has 0 N–H and O–H groups in total. The second-order valence-corrected chi connectivity index (χ2v) is 3.43. The van der Waals surface area contributed by atoms with Gasteiger partial charge in [0.15, 0.2) is 0 Å². The van der Waals surface area contributed by atoms with Crippen molar-refractivity contribution in [2.45, 2.75) is 39.5 Å². The molecule has 0 fully saturated rings. The van der Waals surface area contributed by atoms with Gasteiger partial charge < -0.3 is 9.90 Å². The Kier molecular flexibility index (Phi) is 14.4. The molecule has 0 atom stereocenters. The fraction of sp³-hybridized carbons (Fsp3) is 0.462. The van der Waals surface area contributed by atoms with Gasteiger partial charge in [0, 0.05) is 5.97 Å². The van der Waals surface area contributed by atoms with Crippen LogP contribution in [0, 0.1) is 0 Å². The number of carbonyl (C=O) groups is 1. The third-order valence-electron chi connectivity index (χ3n) is 1.91. The summed E-state index contributed by atoms with van der Waals surface area (Å²) in [4.78, 5) is 8.89. The van der Waals surface area contributed by atoms with Crippen molar-refractivity contribution in [2.75, 3.05) is 0 Å². The molecule has 0 spiro atoms. The molecule has 0 unspecified atom stereocenters. The van der Waals surface area contributed by atoms with Crippen LogP contribution in [-0.4, -0.2) is 5.97 Å². The standard InChI is InChI=1S/C11H16.C2H4O2.Na/c1-2-3-5-8-11-9-6-4-7-10-11;1-2(3)4;/h4,6-7,9-10H,2-3,5,8H2,1H3;1H3,(H,3,4);/q;;+1/p-1. The summed E-state index contributed by atoms with van der Waals surface area (Å²) in [6.07, 6.45) is 5.25. The SMILES string of the molecule is CC(=O)[O-].CCCCCc1ccccc1.[Na+]. The van der Waals surface area contributed by atoms with Crippen molar-refractivity contribution in [2.24, 2.45) is 0 Å². The van der Waals surface area contributed by atoms with Gasteiger partial charge in [-0.15, -0.1) is 0 Å². The van der Waals surface area contributed by atoms with Gasteiger partial charge in [-0.25, -0.2) is 0 Å². The summed E-state index contributed by atoms with van der Waals surface area (Å²) in [5, 5.41) is 8.89. The van der Waals surface area contributed by atoms with Crippen molar-refractivity contribution in [1.82, 2.24) is 0 Å². The second-order valence-electron chi connectivity index (χ2n) is 3.43. The zero-order chi connectivity index (χ0) is 11.5. The van der Waals surface area contributed by atoms with Gasteiger partial charge in [0.2, 0.25) is 0 Å². The first kappa shape index (κ1) is 18.1. The van der Waals surface area contributed by atoms with Crippen molar-refractivity contribution in [3.05, 3.63) is 35.9 Å². The first-order chi connectivity index (χ1) is 7.16. The predicted octanol–water partition coefficient (Wildman–Crippen LogP) is -0.820. The number of carbonyl (C=O) groups excluding carboxylic acids is 1. The molecule has 0 aliphatic heterocycles. The third-order valence-corrected chi connectivity index (χ3v) is 1.91. The first-order valence-corrected chi connectivity index (χ1v) is 5.38. The topological polar surface area (TPSA) is 40.1 Å². The molecule has 0 bridgehead atoms. The van der Waals surface area contributed by atoms with Gasteiger partial charge in [-0.1, -0.05) is 50.1 Å². The Morgan fingerprint density at radius 3 is 2.12 bits per heavy atom. The number of unbranched alkanes of at least 4 members (excludes halogenated alkanes) is 2. The van der Waals surface area contributed by atoms with Crippen LogP contribution in [0.3, 0.4) is 0 Å². The number of carboxylic acid groups (broad SMARTS) is 1. The van der Waals surface area contributed by atoms with E-state index in [0.29, 0.717) is 0 Å². The van der Waals surface area contributed by atoms with Crippen molar-refractivity contribution in [3.63, 3.8) is 0 Å². The number of hydrogen-bond acceptors (Lipinski definition) is 2. The summed E-state index contributed by atoms with van der Waals surface area (Å²) < 4.78 is 0. The van der Waals surface area contributed by atoms with Gasteiger partial charge >= 0.3 is 29.6 Å². The Labute approximate surface area is 120 Å². The van der Waals surface area contributed by atoms with Gasteiger partial charge in [0.05, 0.1) is 0 Å². The van der Waals surface area contributed by atoms with Gasteiger partial charge in [-0.05, 0) is 25.3 Å². The zero-order valence-corrected chi connectivity index (χ0v) is 12.5. The van der Waals surface area contributed by atoms with E-state index in [1.54, 1.807) is 0 Å². The summed E-state index contributed by atoms with van der Waals surface area (Å²) >= 11 is 0. The summed E-state index contributed by atoms with van der Waals surface area (Å²) in [5.74, 6) is -1.08. The maximum atomic E-state index is 8.89. The minimum Gasteiger partial charge on any atom is -0.550 e. The van der Waals surface area contributed by atoms with E-state index in [2.05, 4.69) is 37.3 Å². The smallest absolute Gasteiger partial charge is 0.550 e. The molecule has 0 aliphatic carbocycles. The molecule has 0 radical (unpaired) electrons. The van der Waals surface area contributed by atoms with E-state index < -0.39 is 5.97 Å². The average Bonchev–Trinajstić information content (AvgIpc) is 2.19. The van der Waals surface area contributed by atoms with E-state index in [1.165, 1.54) is 31.2 Å². The van der Waals surface area contributed by atoms with Crippen molar-refractivity contribution in [3.8, 4) is 0 Å². The van der Waals surface area contributed by atoms with Gasteiger partial charge in [-0.3, -0.25) is 0 Å². The van der Waals surface area contributed by atoms with Gasteiger partial charge in [0.25, 0.3) is 0 Å². The molecule has 1 aromatic rings. The Hall–Kier alpha value is -0.310. The maximum Gasteiger partial charge on any atom is 1.00 e. The average molecular weight is 230 g/mol. The van der Waals surface area contributed by atoms with Gasteiger partial charge in [-0.2, -0.15) is 0 Å². The van der Waals surface area contributed by atoms with Crippen LogP contribution in [0.4, 0.5) is 0 Å². The number of hydrogen-bond donors (Lipinski definition) is 0. The Bertz CT molecular complexity index is 256. The molecule has 3 heteroatoms. The van der Waals surface area contributed by atoms with Crippen LogP contribution >= 0.6 is 0 Å². The molecule has 16 heavy (non-hydrogen) atoms. The fourth-order valence-electron chi connectivity index (χ4n) is 1.22. The van der Waals surface area contributed by atoms with E-state index in [1.807, 2.05) is 0 Å². The van der Waals surface area contributed by atoms with Crippen LogP contribution in [0.1, 0.15) is 38.7 Å². The van der Waals surface area contributed by atoms with E-state index in [0.717, 1.165) is 6.92 Å².